The molecule has 1 atom stereocenters. The lowest BCUT2D eigenvalue weighted by atomic mass is 9.86. The van der Waals surface area contributed by atoms with Crippen LogP contribution < -0.4 is 5.32 Å². The zero-order valence-electron chi connectivity index (χ0n) is 13.9. The van der Waals surface area contributed by atoms with Crippen LogP contribution in [0.2, 0.25) is 0 Å². The zero-order valence-corrected chi connectivity index (χ0v) is 13.9. The molecule has 2 N–H and O–H groups in total. The molecule has 0 heterocycles. The minimum atomic E-state index is -0.862. The van der Waals surface area contributed by atoms with Crippen molar-refractivity contribution in [2.24, 2.45) is 5.92 Å². The second kappa shape index (κ2) is 7.95. The summed E-state index contributed by atoms with van der Waals surface area (Å²) >= 11 is 0. The van der Waals surface area contributed by atoms with Gasteiger partial charge < -0.3 is 10.0 Å². The van der Waals surface area contributed by atoms with Gasteiger partial charge in [-0.3, -0.25) is 14.9 Å². The van der Waals surface area contributed by atoms with Crippen molar-refractivity contribution >= 4 is 11.9 Å². The van der Waals surface area contributed by atoms with Crippen LogP contribution in [-0.2, 0) is 9.59 Å². The van der Waals surface area contributed by atoms with Crippen molar-refractivity contribution < 1.29 is 14.7 Å². The van der Waals surface area contributed by atoms with E-state index in [0.717, 1.165) is 38.0 Å². The third-order valence-electron chi connectivity index (χ3n) is 4.98. The number of carbonyl (C=O) groups is 2. The first-order chi connectivity index (χ1) is 10.5. The van der Waals surface area contributed by atoms with Crippen LogP contribution in [0.3, 0.4) is 0 Å². The lowest BCUT2D eigenvalue weighted by Crippen LogP contribution is -2.49. The Kier molecular flexibility index (Phi) is 6.24. The zero-order chi connectivity index (χ0) is 16.1. The van der Waals surface area contributed by atoms with Crippen LogP contribution in [0, 0.1) is 5.92 Å². The Morgan fingerprint density at radius 1 is 1.14 bits per heavy atom. The highest BCUT2D eigenvalue weighted by molar-refractivity contribution is 5.80. The summed E-state index contributed by atoms with van der Waals surface area (Å²) in [5.74, 6) is -0.00463. The second-order valence-corrected chi connectivity index (χ2v) is 7.01. The molecular weight excluding hydrogens is 280 g/mol. The van der Waals surface area contributed by atoms with E-state index in [0.29, 0.717) is 18.5 Å². The van der Waals surface area contributed by atoms with Gasteiger partial charge in [0.1, 0.15) is 6.04 Å². The molecule has 22 heavy (non-hydrogen) atoms. The van der Waals surface area contributed by atoms with Crippen molar-refractivity contribution in [3.8, 4) is 0 Å². The molecule has 0 radical (unpaired) electrons. The van der Waals surface area contributed by atoms with Crippen molar-refractivity contribution in [2.45, 2.75) is 83.3 Å². The van der Waals surface area contributed by atoms with Crippen LogP contribution in [-0.4, -0.2) is 46.6 Å². The van der Waals surface area contributed by atoms with Crippen molar-refractivity contribution in [2.75, 3.05) is 6.54 Å². The fourth-order valence-electron chi connectivity index (χ4n) is 3.48. The Bertz CT molecular complexity index is 387. The van der Waals surface area contributed by atoms with Crippen LogP contribution in [0.25, 0.3) is 0 Å². The molecule has 2 saturated carbocycles. The van der Waals surface area contributed by atoms with E-state index < -0.39 is 12.0 Å². The molecule has 5 heteroatoms. The molecule has 0 aromatic carbocycles. The number of hydrogen-bond acceptors (Lipinski definition) is 3. The first-order valence-corrected chi connectivity index (χ1v) is 8.80. The summed E-state index contributed by atoms with van der Waals surface area (Å²) in [4.78, 5) is 25.8. The highest BCUT2D eigenvalue weighted by Gasteiger charge is 2.38. The molecule has 1 unspecified atom stereocenters. The lowest BCUT2D eigenvalue weighted by molar-refractivity contribution is -0.140. The summed E-state index contributed by atoms with van der Waals surface area (Å²) in [7, 11) is 0. The predicted octanol–water partition coefficient (Wildman–Crippen LogP) is 2.40. The number of carbonyl (C=O) groups excluding carboxylic acids is 1. The monoisotopic (exact) mass is 310 g/mol. The maximum Gasteiger partial charge on any atom is 0.320 e. The number of carboxylic acids is 1. The van der Waals surface area contributed by atoms with Crippen LogP contribution in [0.1, 0.15) is 65.2 Å². The van der Waals surface area contributed by atoms with Gasteiger partial charge in [-0.25, -0.2) is 0 Å². The van der Waals surface area contributed by atoms with Crippen molar-refractivity contribution in [1.29, 1.82) is 0 Å². The maximum absolute atomic E-state index is 12.6. The minimum Gasteiger partial charge on any atom is -0.480 e. The Balaban J connectivity index is 1.88. The van der Waals surface area contributed by atoms with Gasteiger partial charge in [-0.05, 0) is 50.9 Å². The molecule has 1 amide bonds. The predicted molar refractivity (Wildman–Crippen MR) is 85.6 cm³/mol. The van der Waals surface area contributed by atoms with Gasteiger partial charge in [0.05, 0.1) is 6.54 Å². The van der Waals surface area contributed by atoms with E-state index in [1.165, 1.54) is 12.8 Å². The molecule has 2 fully saturated rings. The van der Waals surface area contributed by atoms with Gasteiger partial charge in [0.15, 0.2) is 0 Å². The molecule has 0 saturated heterocycles. The Labute approximate surface area is 133 Å². The van der Waals surface area contributed by atoms with Gasteiger partial charge in [-0.15, -0.1) is 0 Å². The van der Waals surface area contributed by atoms with Gasteiger partial charge in [0.25, 0.3) is 0 Å². The van der Waals surface area contributed by atoms with Gasteiger partial charge in [-0.1, -0.05) is 20.3 Å². The molecule has 0 spiro atoms. The topological polar surface area (TPSA) is 69.6 Å². The number of nitrogens with one attached hydrogen (secondary N) is 1. The second-order valence-electron chi connectivity index (χ2n) is 7.01. The van der Waals surface area contributed by atoms with E-state index in [4.69, 9.17) is 5.11 Å². The van der Waals surface area contributed by atoms with Crippen molar-refractivity contribution in [3.05, 3.63) is 0 Å². The van der Waals surface area contributed by atoms with Crippen LogP contribution in [0.5, 0.6) is 0 Å². The average Bonchev–Trinajstić information content (AvgIpc) is 3.30. The average molecular weight is 310 g/mol. The summed E-state index contributed by atoms with van der Waals surface area (Å²) in [6, 6.07) is 0.163. The number of nitrogens with zero attached hydrogens (tertiary/aromatic N) is 1. The number of carboxylic acid groups (broad SMARTS) is 1. The summed E-state index contributed by atoms with van der Waals surface area (Å²) in [6.07, 6.45) is 8.16. The van der Waals surface area contributed by atoms with E-state index >= 15 is 0 Å². The fourth-order valence-corrected chi connectivity index (χ4v) is 3.48. The molecule has 0 aliphatic heterocycles. The maximum atomic E-state index is 12.6. The summed E-state index contributed by atoms with van der Waals surface area (Å²) in [5, 5.41) is 12.1. The highest BCUT2D eigenvalue weighted by atomic mass is 16.4. The Morgan fingerprint density at radius 2 is 1.68 bits per heavy atom. The first-order valence-electron chi connectivity index (χ1n) is 8.80. The number of aliphatic carboxylic acids is 1. The van der Waals surface area contributed by atoms with Crippen molar-refractivity contribution in [3.63, 3.8) is 0 Å². The highest BCUT2D eigenvalue weighted by Crippen LogP contribution is 2.35. The third-order valence-corrected chi connectivity index (χ3v) is 4.98. The molecule has 0 aromatic rings. The summed E-state index contributed by atoms with van der Waals surface area (Å²) in [6.45, 7) is 4.39. The van der Waals surface area contributed by atoms with E-state index in [9.17, 15) is 9.59 Å². The largest absolute Gasteiger partial charge is 0.480 e. The van der Waals surface area contributed by atoms with Crippen molar-refractivity contribution in [1.82, 2.24) is 10.2 Å². The van der Waals surface area contributed by atoms with Crippen LogP contribution in [0.15, 0.2) is 0 Å². The molecule has 2 aliphatic rings. The van der Waals surface area contributed by atoms with E-state index in [2.05, 4.69) is 17.1 Å². The van der Waals surface area contributed by atoms with Crippen LogP contribution >= 0.6 is 0 Å². The number of hydrogen-bond donors (Lipinski definition) is 2. The fraction of sp³-hybridized carbons (Fsp3) is 0.882. The smallest absolute Gasteiger partial charge is 0.320 e. The molecule has 0 bridgehead atoms. The normalized spacial score (nSPS) is 26.5. The van der Waals surface area contributed by atoms with E-state index in [-0.39, 0.29) is 12.5 Å². The molecule has 0 aromatic heterocycles. The first kappa shape index (κ1) is 17.3. The third kappa shape index (κ3) is 4.70. The Hall–Kier alpha value is -1.10. The van der Waals surface area contributed by atoms with Gasteiger partial charge in [0.2, 0.25) is 5.91 Å². The van der Waals surface area contributed by atoms with Gasteiger partial charge >= 0.3 is 5.97 Å². The molecule has 5 nitrogen and oxygen atoms in total. The number of amides is 1. The lowest BCUT2D eigenvalue weighted by Gasteiger charge is -2.36. The molecule has 2 aliphatic carbocycles. The minimum absolute atomic E-state index is 0.0874. The number of rotatable bonds is 8. The van der Waals surface area contributed by atoms with E-state index in [1.54, 1.807) is 0 Å². The van der Waals surface area contributed by atoms with Gasteiger partial charge in [0, 0.05) is 12.1 Å². The standard InChI is InChI=1S/C17H30N2O3/c1-3-4-15(17(21)22)18-11-16(20)19(14-9-10-14)13-7-5-12(2)6-8-13/h12-15,18H,3-11H2,1-2H3,(H,21,22). The SMILES string of the molecule is CCCC(NCC(=O)N(C1CCC(C)CC1)C1CC1)C(=O)O. The molecule has 126 valence electrons. The molecular formula is C17H30N2O3. The van der Waals surface area contributed by atoms with E-state index in [1.807, 2.05) is 6.92 Å². The van der Waals surface area contributed by atoms with Crippen LogP contribution in [0.4, 0.5) is 0 Å². The summed E-state index contributed by atoms with van der Waals surface area (Å²) < 4.78 is 0. The quantitative estimate of drug-likeness (QED) is 0.722. The molecule has 2 rings (SSSR count). The Morgan fingerprint density at radius 3 is 2.14 bits per heavy atom. The van der Waals surface area contributed by atoms with Gasteiger partial charge in [-0.2, -0.15) is 0 Å². The summed E-state index contributed by atoms with van der Waals surface area (Å²) in [5.41, 5.74) is 0.